The van der Waals surface area contributed by atoms with Crippen molar-refractivity contribution in [2.24, 2.45) is 0 Å². The molecule has 74 valence electrons. The lowest BCUT2D eigenvalue weighted by atomic mass is 10.2. The van der Waals surface area contributed by atoms with Gasteiger partial charge in [0, 0.05) is 6.20 Å². The van der Waals surface area contributed by atoms with E-state index < -0.39 is 11.7 Å². The zero-order valence-electron chi connectivity index (χ0n) is 7.21. The highest BCUT2D eigenvalue weighted by molar-refractivity contribution is 5.59. The first-order valence-corrected chi connectivity index (χ1v) is 3.86. The highest BCUT2D eigenvalue weighted by atomic mass is 19.4. The molecule has 0 radical (unpaired) electrons. The highest BCUT2D eigenvalue weighted by Gasteiger charge is 2.34. The molecule has 0 N–H and O–H groups in total. The standard InChI is InChI=1S/C8H6F3N3/c1-5-7-6(8(9,10)11)2-3-14(7)13-4-12-5/h2-4H,1H3. The first-order valence-electron chi connectivity index (χ1n) is 3.86. The summed E-state index contributed by atoms with van der Waals surface area (Å²) in [6, 6.07) is 0.997. The topological polar surface area (TPSA) is 30.2 Å². The molecule has 0 spiro atoms. The third kappa shape index (κ3) is 1.23. The van der Waals surface area contributed by atoms with Crippen LogP contribution in [0.5, 0.6) is 0 Å². The van der Waals surface area contributed by atoms with E-state index in [0.29, 0.717) is 5.69 Å². The Morgan fingerprint density at radius 2 is 2.07 bits per heavy atom. The van der Waals surface area contributed by atoms with Gasteiger partial charge in [-0.3, -0.25) is 0 Å². The van der Waals surface area contributed by atoms with Crippen LogP contribution < -0.4 is 0 Å². The predicted octanol–water partition coefficient (Wildman–Crippen LogP) is 2.06. The minimum Gasteiger partial charge on any atom is -0.238 e. The second kappa shape index (κ2) is 2.70. The Morgan fingerprint density at radius 1 is 1.36 bits per heavy atom. The van der Waals surface area contributed by atoms with Crippen molar-refractivity contribution in [3.63, 3.8) is 0 Å². The molecule has 14 heavy (non-hydrogen) atoms. The van der Waals surface area contributed by atoms with Crippen molar-refractivity contribution in [2.45, 2.75) is 13.1 Å². The molecular weight excluding hydrogens is 195 g/mol. The Hall–Kier alpha value is -1.59. The van der Waals surface area contributed by atoms with Crippen molar-refractivity contribution in [2.75, 3.05) is 0 Å². The van der Waals surface area contributed by atoms with Gasteiger partial charge in [-0.05, 0) is 13.0 Å². The zero-order chi connectivity index (χ0) is 10.3. The number of nitrogens with zero attached hydrogens (tertiary/aromatic N) is 3. The second-order valence-electron chi connectivity index (χ2n) is 2.87. The molecule has 0 aliphatic rings. The van der Waals surface area contributed by atoms with E-state index in [-0.39, 0.29) is 5.52 Å². The van der Waals surface area contributed by atoms with E-state index in [0.717, 1.165) is 6.07 Å². The van der Waals surface area contributed by atoms with Gasteiger partial charge in [-0.1, -0.05) is 0 Å². The van der Waals surface area contributed by atoms with Crippen molar-refractivity contribution < 1.29 is 13.2 Å². The van der Waals surface area contributed by atoms with E-state index in [9.17, 15) is 13.2 Å². The first kappa shape index (κ1) is 8.98. The molecule has 0 bridgehead atoms. The molecule has 0 fully saturated rings. The van der Waals surface area contributed by atoms with Gasteiger partial charge in [-0.15, -0.1) is 0 Å². The fourth-order valence-corrected chi connectivity index (χ4v) is 1.34. The minimum atomic E-state index is -4.36. The van der Waals surface area contributed by atoms with Gasteiger partial charge in [0.2, 0.25) is 0 Å². The summed E-state index contributed by atoms with van der Waals surface area (Å²) in [7, 11) is 0. The summed E-state index contributed by atoms with van der Waals surface area (Å²) in [4.78, 5) is 3.72. The molecule has 2 rings (SSSR count). The SMILES string of the molecule is Cc1ncnn2ccc(C(F)(F)F)c12. The molecule has 0 aromatic carbocycles. The Kier molecular flexibility index (Phi) is 1.73. The van der Waals surface area contributed by atoms with Crippen molar-refractivity contribution in [1.82, 2.24) is 14.6 Å². The van der Waals surface area contributed by atoms with Crippen molar-refractivity contribution in [3.8, 4) is 0 Å². The second-order valence-corrected chi connectivity index (χ2v) is 2.87. The summed E-state index contributed by atoms with van der Waals surface area (Å²) in [5, 5.41) is 3.68. The van der Waals surface area contributed by atoms with E-state index >= 15 is 0 Å². The number of rotatable bonds is 0. The number of fused-ring (bicyclic) bond motifs is 1. The number of aryl methyl sites for hydroxylation is 1. The van der Waals surface area contributed by atoms with Crippen molar-refractivity contribution in [3.05, 3.63) is 29.8 Å². The van der Waals surface area contributed by atoms with E-state index in [1.165, 1.54) is 24.0 Å². The van der Waals surface area contributed by atoms with Gasteiger partial charge in [0.1, 0.15) is 6.33 Å². The Balaban J connectivity index is 2.80. The third-order valence-electron chi connectivity index (χ3n) is 1.94. The maximum atomic E-state index is 12.5. The molecule has 0 atom stereocenters. The molecule has 2 heterocycles. The molecule has 0 unspecified atom stereocenters. The molecule has 0 saturated carbocycles. The molecule has 3 nitrogen and oxygen atoms in total. The van der Waals surface area contributed by atoms with Crippen molar-refractivity contribution >= 4 is 5.52 Å². The molecule has 6 heteroatoms. The van der Waals surface area contributed by atoms with Gasteiger partial charge in [-0.2, -0.15) is 18.3 Å². The maximum Gasteiger partial charge on any atom is 0.418 e. The average molecular weight is 201 g/mol. The van der Waals surface area contributed by atoms with E-state index in [1.807, 2.05) is 0 Å². The zero-order valence-corrected chi connectivity index (χ0v) is 7.21. The third-order valence-corrected chi connectivity index (χ3v) is 1.94. The van der Waals surface area contributed by atoms with Crippen LogP contribution in [0.15, 0.2) is 18.6 Å². The van der Waals surface area contributed by atoms with Crippen LogP contribution in [0, 0.1) is 6.92 Å². The number of aromatic nitrogens is 3. The lowest BCUT2D eigenvalue weighted by Crippen LogP contribution is -2.06. The first-order chi connectivity index (χ1) is 6.50. The van der Waals surface area contributed by atoms with Crippen LogP contribution in [-0.2, 0) is 6.18 Å². The van der Waals surface area contributed by atoms with Gasteiger partial charge in [0.05, 0.1) is 16.8 Å². The lowest BCUT2D eigenvalue weighted by Gasteiger charge is -2.05. The van der Waals surface area contributed by atoms with Gasteiger partial charge < -0.3 is 0 Å². The van der Waals surface area contributed by atoms with E-state index in [2.05, 4.69) is 10.1 Å². The summed E-state index contributed by atoms with van der Waals surface area (Å²) in [6.07, 6.45) is -1.86. The number of hydrogen-bond donors (Lipinski definition) is 0. The Bertz CT molecular complexity index is 472. The number of halogens is 3. The average Bonchev–Trinajstić information content (AvgIpc) is 2.47. The largest absolute Gasteiger partial charge is 0.418 e. The number of alkyl halides is 3. The molecule has 0 amide bonds. The molecule has 2 aromatic rings. The summed E-state index contributed by atoms with van der Waals surface area (Å²) in [6.45, 7) is 1.52. The van der Waals surface area contributed by atoms with Crippen LogP contribution in [0.3, 0.4) is 0 Å². The monoisotopic (exact) mass is 201 g/mol. The van der Waals surface area contributed by atoms with Crippen LogP contribution >= 0.6 is 0 Å². The fourth-order valence-electron chi connectivity index (χ4n) is 1.34. The van der Waals surface area contributed by atoms with Crippen LogP contribution in [0.2, 0.25) is 0 Å². The smallest absolute Gasteiger partial charge is 0.238 e. The van der Waals surface area contributed by atoms with Gasteiger partial charge in [-0.25, -0.2) is 9.50 Å². The van der Waals surface area contributed by atoms with Gasteiger partial charge in [0.15, 0.2) is 0 Å². The number of hydrogen-bond acceptors (Lipinski definition) is 2. The minimum absolute atomic E-state index is 0.0139. The van der Waals surface area contributed by atoms with Gasteiger partial charge in [0.25, 0.3) is 0 Å². The summed E-state index contributed by atoms with van der Waals surface area (Å²) < 4.78 is 38.6. The predicted molar refractivity (Wildman–Crippen MR) is 42.7 cm³/mol. The van der Waals surface area contributed by atoms with Crippen LogP contribution in [0.25, 0.3) is 5.52 Å². The van der Waals surface area contributed by atoms with E-state index in [1.54, 1.807) is 0 Å². The highest BCUT2D eigenvalue weighted by Crippen LogP contribution is 2.33. The molecular formula is C8H6F3N3. The summed E-state index contributed by atoms with van der Waals surface area (Å²) in [5.41, 5.74) is -0.368. The Labute approximate surface area is 77.2 Å². The van der Waals surface area contributed by atoms with Crippen LogP contribution in [0.1, 0.15) is 11.3 Å². The normalized spacial score (nSPS) is 12.3. The van der Waals surface area contributed by atoms with E-state index in [4.69, 9.17) is 0 Å². The Morgan fingerprint density at radius 3 is 2.71 bits per heavy atom. The lowest BCUT2D eigenvalue weighted by molar-refractivity contribution is -0.136. The van der Waals surface area contributed by atoms with Crippen LogP contribution in [0.4, 0.5) is 13.2 Å². The maximum absolute atomic E-state index is 12.5. The molecule has 0 aliphatic carbocycles. The molecule has 2 aromatic heterocycles. The quantitative estimate of drug-likeness (QED) is 0.653. The fraction of sp³-hybridized carbons (Fsp3) is 0.250. The van der Waals surface area contributed by atoms with Crippen molar-refractivity contribution in [1.29, 1.82) is 0 Å². The van der Waals surface area contributed by atoms with Crippen LogP contribution in [-0.4, -0.2) is 14.6 Å². The van der Waals surface area contributed by atoms with Gasteiger partial charge >= 0.3 is 6.18 Å². The summed E-state index contributed by atoms with van der Waals surface area (Å²) in [5.74, 6) is 0. The summed E-state index contributed by atoms with van der Waals surface area (Å²) >= 11 is 0. The molecule has 0 aliphatic heterocycles. The molecule has 0 saturated heterocycles.